The summed E-state index contributed by atoms with van der Waals surface area (Å²) >= 11 is 0. The first-order valence-electron chi connectivity index (χ1n) is 13.8. The van der Waals surface area contributed by atoms with Crippen LogP contribution in [0.1, 0.15) is 39.5 Å². The van der Waals surface area contributed by atoms with Gasteiger partial charge in [-0.2, -0.15) is 5.10 Å². The number of carbonyl (C=O) groups is 2. The molecule has 12 nitrogen and oxygen atoms in total. The van der Waals surface area contributed by atoms with E-state index in [-0.39, 0.29) is 24.3 Å². The Balaban J connectivity index is 1.17. The summed E-state index contributed by atoms with van der Waals surface area (Å²) in [5.74, 6) is 1.85. The molecular formula is C31H24N10O2. The molecule has 1 aliphatic carbocycles. The maximum Gasteiger partial charge on any atom is 0.253 e. The minimum Gasteiger partial charge on any atom is -0.383 e. The number of carbonyl (C=O) groups excluding carboxylic acids is 2. The van der Waals surface area contributed by atoms with Gasteiger partial charge in [-0.3, -0.25) is 14.2 Å². The fraction of sp³-hybridized carbons (Fsp3) is 0.129. The third-order valence-corrected chi connectivity index (χ3v) is 7.91. The van der Waals surface area contributed by atoms with Gasteiger partial charge in [0, 0.05) is 36.0 Å². The lowest BCUT2D eigenvalue weighted by Gasteiger charge is -2.16. The molecule has 210 valence electrons. The van der Waals surface area contributed by atoms with Crippen LogP contribution in [0.5, 0.6) is 0 Å². The number of pyridine rings is 3. The van der Waals surface area contributed by atoms with Gasteiger partial charge < -0.3 is 16.4 Å². The minimum absolute atomic E-state index is 0.117. The van der Waals surface area contributed by atoms with Crippen molar-refractivity contribution in [3.05, 3.63) is 102 Å². The minimum atomic E-state index is -0.220. The Morgan fingerprint density at radius 3 is 2.81 bits per heavy atom. The maximum absolute atomic E-state index is 13.2. The Morgan fingerprint density at radius 2 is 1.95 bits per heavy atom. The van der Waals surface area contributed by atoms with Gasteiger partial charge in [-0.15, -0.1) is 0 Å². The Labute approximate surface area is 244 Å². The van der Waals surface area contributed by atoms with Gasteiger partial charge in [0.2, 0.25) is 5.91 Å². The molecule has 0 fully saturated rings. The summed E-state index contributed by atoms with van der Waals surface area (Å²) in [6, 6.07) is 17.1. The highest BCUT2D eigenvalue weighted by Crippen LogP contribution is 2.36. The normalized spacial score (nSPS) is 15.3. The van der Waals surface area contributed by atoms with Crippen LogP contribution < -0.4 is 16.4 Å². The van der Waals surface area contributed by atoms with Crippen LogP contribution in [0, 0.1) is 0 Å². The van der Waals surface area contributed by atoms with Crippen LogP contribution in [0.4, 0.5) is 11.6 Å². The first kappa shape index (κ1) is 24.9. The fourth-order valence-electron chi connectivity index (χ4n) is 5.88. The molecular weight excluding hydrogens is 544 g/mol. The van der Waals surface area contributed by atoms with E-state index in [1.54, 1.807) is 23.1 Å². The number of imidazole rings is 1. The standard InChI is InChI=1S/C31H24N10O2/c32-27-22(3-1-10-33-27)29-36-24-8-9-25(40-12-2-11-35-40)38-30(24)41(29)20-5-6-21-17(14-20)4-7-23(21)37-31(43)19-13-18-15-26(42)39-28(18)34-16-19/h1-3,5-6,8-14,16,23H,4,7,15H2,(H2,32,33)(H,37,43)(H,34,39,42)/t23-/m0/s1. The summed E-state index contributed by atoms with van der Waals surface area (Å²) in [4.78, 5) is 43.2. The van der Waals surface area contributed by atoms with Gasteiger partial charge in [-0.25, -0.2) is 24.6 Å². The number of rotatable bonds is 5. The molecule has 0 saturated carbocycles. The molecule has 4 N–H and O–H groups in total. The molecule has 1 aromatic carbocycles. The van der Waals surface area contributed by atoms with Crippen molar-refractivity contribution in [2.45, 2.75) is 25.3 Å². The van der Waals surface area contributed by atoms with Gasteiger partial charge in [-0.1, -0.05) is 6.07 Å². The van der Waals surface area contributed by atoms with Crippen LogP contribution >= 0.6 is 0 Å². The Kier molecular flexibility index (Phi) is 5.54. The molecule has 2 aliphatic rings. The highest BCUT2D eigenvalue weighted by Gasteiger charge is 2.27. The van der Waals surface area contributed by atoms with E-state index in [1.807, 2.05) is 53.2 Å². The average Bonchev–Trinajstić information content (AvgIpc) is 3.82. The number of anilines is 2. The van der Waals surface area contributed by atoms with Crippen LogP contribution in [0.3, 0.4) is 0 Å². The largest absolute Gasteiger partial charge is 0.383 e. The average molecular weight is 569 g/mol. The summed E-state index contributed by atoms with van der Waals surface area (Å²) in [5, 5.41) is 10.2. The maximum atomic E-state index is 13.2. The molecule has 1 aliphatic heterocycles. The van der Waals surface area contributed by atoms with E-state index in [0.29, 0.717) is 45.6 Å². The zero-order chi connectivity index (χ0) is 29.1. The molecule has 0 bridgehead atoms. The summed E-state index contributed by atoms with van der Waals surface area (Å²) in [7, 11) is 0. The number of nitrogens with zero attached hydrogens (tertiary/aromatic N) is 7. The van der Waals surface area contributed by atoms with Gasteiger partial charge in [0.25, 0.3) is 5.91 Å². The van der Waals surface area contributed by atoms with Crippen molar-refractivity contribution >= 4 is 34.6 Å². The predicted molar refractivity (Wildman–Crippen MR) is 159 cm³/mol. The Hall–Kier alpha value is -5.91. The van der Waals surface area contributed by atoms with E-state index in [2.05, 4.69) is 31.8 Å². The smallest absolute Gasteiger partial charge is 0.253 e. The molecule has 6 heterocycles. The number of nitrogen functional groups attached to an aromatic ring is 1. The van der Waals surface area contributed by atoms with Crippen LogP contribution in [-0.4, -0.2) is 46.1 Å². The van der Waals surface area contributed by atoms with Crippen molar-refractivity contribution in [2.24, 2.45) is 0 Å². The van der Waals surface area contributed by atoms with E-state index in [9.17, 15) is 9.59 Å². The highest BCUT2D eigenvalue weighted by atomic mass is 16.2. The van der Waals surface area contributed by atoms with Crippen LogP contribution in [0.2, 0.25) is 0 Å². The van der Waals surface area contributed by atoms with Crippen molar-refractivity contribution in [2.75, 3.05) is 11.1 Å². The van der Waals surface area contributed by atoms with Crippen LogP contribution in [-0.2, 0) is 17.6 Å². The van der Waals surface area contributed by atoms with E-state index in [0.717, 1.165) is 35.2 Å². The first-order chi connectivity index (χ1) is 21.0. The molecule has 6 aromatic rings. The van der Waals surface area contributed by atoms with E-state index < -0.39 is 0 Å². The molecule has 0 unspecified atom stereocenters. The van der Waals surface area contributed by atoms with Gasteiger partial charge in [-0.05, 0) is 72.5 Å². The lowest BCUT2D eigenvalue weighted by atomic mass is 10.1. The number of hydrogen-bond acceptors (Lipinski definition) is 8. The SMILES string of the molecule is Nc1ncccc1-c1nc2ccc(-n3cccn3)nc2n1-c1ccc2c(c1)CC[C@@H]2NC(=O)c1cnc2c(c1)CC(=O)N2. The molecule has 0 saturated heterocycles. The van der Waals surface area contributed by atoms with E-state index in [4.69, 9.17) is 15.7 Å². The Bertz CT molecular complexity index is 2080. The first-order valence-corrected chi connectivity index (χ1v) is 13.8. The number of benzene rings is 1. The monoisotopic (exact) mass is 568 g/mol. The quantitative estimate of drug-likeness (QED) is 0.285. The number of amides is 2. The molecule has 1 atom stereocenters. The summed E-state index contributed by atoms with van der Waals surface area (Å²) in [6.07, 6.45) is 8.48. The lowest BCUT2D eigenvalue weighted by molar-refractivity contribution is -0.115. The van der Waals surface area contributed by atoms with Crippen LogP contribution in [0.15, 0.2) is 79.4 Å². The van der Waals surface area contributed by atoms with Crippen LogP contribution in [0.25, 0.3) is 34.1 Å². The summed E-state index contributed by atoms with van der Waals surface area (Å²) < 4.78 is 3.70. The zero-order valence-electron chi connectivity index (χ0n) is 22.7. The number of nitrogens with two attached hydrogens (primary N) is 1. The summed E-state index contributed by atoms with van der Waals surface area (Å²) in [5.41, 5.74) is 12.6. The molecule has 5 aromatic heterocycles. The van der Waals surface area contributed by atoms with Crippen molar-refractivity contribution in [3.63, 3.8) is 0 Å². The van der Waals surface area contributed by atoms with Gasteiger partial charge in [0.15, 0.2) is 17.3 Å². The topological polar surface area (TPSA) is 159 Å². The number of aryl methyl sites for hydroxylation is 1. The predicted octanol–water partition coefficient (Wildman–Crippen LogP) is 3.56. The number of fused-ring (bicyclic) bond motifs is 3. The second-order valence-corrected chi connectivity index (χ2v) is 10.6. The van der Waals surface area contributed by atoms with Crippen molar-refractivity contribution in [1.29, 1.82) is 0 Å². The van der Waals surface area contributed by atoms with Crippen molar-refractivity contribution < 1.29 is 9.59 Å². The second-order valence-electron chi connectivity index (χ2n) is 10.6. The van der Waals surface area contributed by atoms with Gasteiger partial charge in [0.1, 0.15) is 17.2 Å². The molecule has 2 amide bonds. The van der Waals surface area contributed by atoms with Crippen molar-refractivity contribution in [3.8, 4) is 22.9 Å². The van der Waals surface area contributed by atoms with Crippen molar-refractivity contribution in [1.82, 2.24) is 39.6 Å². The zero-order valence-corrected chi connectivity index (χ0v) is 22.7. The molecule has 12 heteroatoms. The molecule has 0 spiro atoms. The molecule has 0 radical (unpaired) electrons. The van der Waals surface area contributed by atoms with E-state index >= 15 is 0 Å². The fourth-order valence-corrected chi connectivity index (χ4v) is 5.88. The Morgan fingerprint density at radius 1 is 1.02 bits per heavy atom. The number of aromatic nitrogens is 7. The number of hydrogen-bond donors (Lipinski definition) is 3. The third kappa shape index (κ3) is 4.19. The van der Waals surface area contributed by atoms with E-state index in [1.165, 1.54) is 6.20 Å². The third-order valence-electron chi connectivity index (χ3n) is 7.91. The summed E-state index contributed by atoms with van der Waals surface area (Å²) in [6.45, 7) is 0. The second kappa shape index (κ2) is 9.58. The van der Waals surface area contributed by atoms with Gasteiger partial charge >= 0.3 is 0 Å². The number of nitrogens with one attached hydrogen (secondary N) is 2. The molecule has 43 heavy (non-hydrogen) atoms. The lowest BCUT2D eigenvalue weighted by Crippen LogP contribution is -2.27. The highest BCUT2D eigenvalue weighted by molar-refractivity contribution is 6.00. The van der Waals surface area contributed by atoms with Gasteiger partial charge in [0.05, 0.1) is 23.6 Å². The molecule has 8 rings (SSSR count).